The van der Waals surface area contributed by atoms with Gasteiger partial charge in [-0.25, -0.2) is 14.5 Å². The molecule has 3 heterocycles. The zero-order chi connectivity index (χ0) is 19.8. The molecule has 9 heteroatoms. The SMILES string of the molecule is Cc1sc2ncn(NC(=O)COC(=O)c3c[nH]c4ccccc34)c(=O)c2c1C. The van der Waals surface area contributed by atoms with Crippen molar-refractivity contribution < 1.29 is 14.3 Å². The van der Waals surface area contributed by atoms with Crippen LogP contribution in [0.15, 0.2) is 41.6 Å². The van der Waals surface area contributed by atoms with Gasteiger partial charge in [-0.1, -0.05) is 18.2 Å². The highest BCUT2D eigenvalue weighted by molar-refractivity contribution is 7.18. The van der Waals surface area contributed by atoms with Gasteiger partial charge in [0, 0.05) is 22.0 Å². The molecule has 0 aliphatic heterocycles. The molecule has 3 aromatic heterocycles. The molecule has 1 aromatic carbocycles. The largest absolute Gasteiger partial charge is 0.452 e. The quantitative estimate of drug-likeness (QED) is 0.516. The number of hydrogen-bond donors (Lipinski definition) is 2. The Morgan fingerprint density at radius 1 is 1.29 bits per heavy atom. The van der Waals surface area contributed by atoms with Crippen molar-refractivity contribution in [2.24, 2.45) is 0 Å². The topological polar surface area (TPSA) is 106 Å². The number of para-hydroxylation sites is 1. The molecule has 0 atom stereocenters. The minimum absolute atomic E-state index is 0.341. The van der Waals surface area contributed by atoms with Crippen molar-refractivity contribution in [2.75, 3.05) is 12.0 Å². The van der Waals surface area contributed by atoms with Gasteiger partial charge in [0.15, 0.2) is 6.61 Å². The molecule has 2 N–H and O–H groups in total. The summed E-state index contributed by atoms with van der Waals surface area (Å²) in [7, 11) is 0. The van der Waals surface area contributed by atoms with Crippen LogP contribution in [-0.4, -0.2) is 33.1 Å². The number of benzene rings is 1. The number of ether oxygens (including phenoxy) is 1. The number of nitrogens with one attached hydrogen (secondary N) is 2. The average Bonchev–Trinajstić information content (AvgIpc) is 3.24. The summed E-state index contributed by atoms with van der Waals surface area (Å²) in [4.78, 5) is 45.8. The predicted octanol–water partition coefficient (Wildman–Crippen LogP) is 2.48. The number of aromatic nitrogens is 3. The first kappa shape index (κ1) is 17.9. The number of aromatic amines is 1. The van der Waals surface area contributed by atoms with E-state index in [9.17, 15) is 14.4 Å². The zero-order valence-electron chi connectivity index (χ0n) is 15.1. The lowest BCUT2D eigenvalue weighted by Crippen LogP contribution is -2.35. The first-order valence-electron chi connectivity index (χ1n) is 8.46. The number of carbonyl (C=O) groups is 2. The Hall–Kier alpha value is -3.46. The van der Waals surface area contributed by atoms with Crippen molar-refractivity contribution in [1.29, 1.82) is 0 Å². The van der Waals surface area contributed by atoms with E-state index in [-0.39, 0.29) is 5.56 Å². The molecule has 0 fully saturated rings. The summed E-state index contributed by atoms with van der Waals surface area (Å²) in [5.74, 6) is -1.26. The number of fused-ring (bicyclic) bond motifs is 2. The Morgan fingerprint density at radius 3 is 2.89 bits per heavy atom. The van der Waals surface area contributed by atoms with Crippen LogP contribution >= 0.6 is 11.3 Å². The van der Waals surface area contributed by atoms with Gasteiger partial charge in [0.1, 0.15) is 11.2 Å². The highest BCUT2D eigenvalue weighted by atomic mass is 32.1. The van der Waals surface area contributed by atoms with Gasteiger partial charge >= 0.3 is 5.97 Å². The van der Waals surface area contributed by atoms with Crippen LogP contribution in [0, 0.1) is 13.8 Å². The van der Waals surface area contributed by atoms with Crippen LogP contribution < -0.4 is 11.0 Å². The zero-order valence-corrected chi connectivity index (χ0v) is 15.9. The fourth-order valence-electron chi connectivity index (χ4n) is 2.93. The summed E-state index contributed by atoms with van der Waals surface area (Å²) in [6.45, 7) is 3.23. The Morgan fingerprint density at radius 2 is 2.07 bits per heavy atom. The van der Waals surface area contributed by atoms with Crippen molar-refractivity contribution in [3.8, 4) is 0 Å². The third kappa shape index (κ3) is 3.05. The van der Waals surface area contributed by atoms with Gasteiger partial charge in [0.2, 0.25) is 0 Å². The highest BCUT2D eigenvalue weighted by Gasteiger charge is 2.16. The summed E-state index contributed by atoms with van der Waals surface area (Å²) in [6.07, 6.45) is 2.79. The number of amides is 1. The molecule has 0 spiro atoms. The lowest BCUT2D eigenvalue weighted by Gasteiger charge is -2.08. The summed E-state index contributed by atoms with van der Waals surface area (Å²) in [5.41, 5.74) is 4.00. The maximum Gasteiger partial charge on any atom is 0.340 e. The number of carbonyl (C=O) groups excluding carboxylic acids is 2. The van der Waals surface area contributed by atoms with Gasteiger partial charge < -0.3 is 9.72 Å². The Kier molecular flexibility index (Phi) is 4.44. The van der Waals surface area contributed by atoms with E-state index in [1.165, 1.54) is 23.9 Å². The van der Waals surface area contributed by atoms with Gasteiger partial charge in [0.05, 0.1) is 10.9 Å². The molecule has 0 saturated carbocycles. The number of hydrogen-bond acceptors (Lipinski definition) is 6. The average molecular weight is 396 g/mol. The molecule has 1 amide bonds. The van der Waals surface area contributed by atoms with E-state index in [4.69, 9.17) is 4.74 Å². The van der Waals surface area contributed by atoms with Crippen molar-refractivity contribution in [3.63, 3.8) is 0 Å². The lowest BCUT2D eigenvalue weighted by molar-refractivity contribution is -0.120. The van der Waals surface area contributed by atoms with Crippen LogP contribution in [0.25, 0.3) is 21.1 Å². The van der Waals surface area contributed by atoms with E-state index >= 15 is 0 Å². The summed E-state index contributed by atoms with van der Waals surface area (Å²) < 4.78 is 6.08. The number of rotatable bonds is 4. The molecule has 0 unspecified atom stereocenters. The van der Waals surface area contributed by atoms with E-state index in [1.807, 2.05) is 32.0 Å². The van der Waals surface area contributed by atoms with Crippen LogP contribution in [0.4, 0.5) is 0 Å². The van der Waals surface area contributed by atoms with Crippen molar-refractivity contribution >= 4 is 44.3 Å². The van der Waals surface area contributed by atoms with Crippen LogP contribution in [-0.2, 0) is 9.53 Å². The molecule has 142 valence electrons. The van der Waals surface area contributed by atoms with Gasteiger partial charge in [-0.05, 0) is 25.5 Å². The Labute approximate surface area is 162 Å². The van der Waals surface area contributed by atoms with Gasteiger partial charge in [-0.3, -0.25) is 15.0 Å². The number of H-pyrrole nitrogens is 1. The van der Waals surface area contributed by atoms with Crippen molar-refractivity contribution in [1.82, 2.24) is 14.6 Å². The fourth-order valence-corrected chi connectivity index (χ4v) is 3.92. The molecule has 8 nitrogen and oxygen atoms in total. The van der Waals surface area contributed by atoms with Crippen molar-refractivity contribution in [3.05, 3.63) is 63.1 Å². The molecule has 0 radical (unpaired) electrons. The highest BCUT2D eigenvalue weighted by Crippen LogP contribution is 2.25. The second-order valence-corrected chi connectivity index (χ2v) is 7.45. The van der Waals surface area contributed by atoms with E-state index in [2.05, 4.69) is 15.4 Å². The fraction of sp³-hybridized carbons (Fsp3) is 0.158. The van der Waals surface area contributed by atoms with E-state index in [0.717, 1.165) is 20.6 Å². The normalized spacial score (nSPS) is 11.1. The number of esters is 1. The maximum atomic E-state index is 12.6. The summed E-state index contributed by atoms with van der Waals surface area (Å²) in [6, 6.07) is 7.28. The van der Waals surface area contributed by atoms with Crippen LogP contribution in [0.5, 0.6) is 0 Å². The second-order valence-electron chi connectivity index (χ2n) is 6.24. The van der Waals surface area contributed by atoms with E-state index in [0.29, 0.717) is 21.2 Å². The molecular formula is C19H16N4O4S. The standard InChI is InChI=1S/C19H16N4O4S/c1-10-11(2)28-17-16(10)18(25)23(9-21-17)22-15(24)8-27-19(26)13-7-20-14-6-4-3-5-12(13)14/h3-7,9,20H,8H2,1-2H3,(H,22,24). The molecule has 0 aliphatic carbocycles. The molecule has 0 aliphatic rings. The lowest BCUT2D eigenvalue weighted by atomic mass is 10.2. The van der Waals surface area contributed by atoms with Crippen LogP contribution in [0.1, 0.15) is 20.8 Å². The van der Waals surface area contributed by atoms with Gasteiger partial charge in [-0.2, -0.15) is 0 Å². The summed E-state index contributed by atoms with van der Waals surface area (Å²) in [5, 5.41) is 1.18. The van der Waals surface area contributed by atoms with E-state index in [1.54, 1.807) is 6.07 Å². The molecule has 4 aromatic rings. The van der Waals surface area contributed by atoms with Crippen LogP contribution in [0.2, 0.25) is 0 Å². The van der Waals surface area contributed by atoms with Crippen LogP contribution in [0.3, 0.4) is 0 Å². The van der Waals surface area contributed by atoms with Gasteiger partial charge in [-0.15, -0.1) is 11.3 Å². The third-order valence-corrected chi connectivity index (χ3v) is 5.59. The minimum atomic E-state index is -0.638. The molecule has 4 rings (SSSR count). The molecule has 28 heavy (non-hydrogen) atoms. The first-order valence-corrected chi connectivity index (χ1v) is 9.28. The number of aryl methyl sites for hydroxylation is 2. The summed E-state index contributed by atoms with van der Waals surface area (Å²) >= 11 is 1.42. The second kappa shape index (κ2) is 6.93. The third-order valence-electron chi connectivity index (χ3n) is 4.48. The Bertz CT molecular complexity index is 1280. The Balaban J connectivity index is 1.47. The smallest absolute Gasteiger partial charge is 0.340 e. The molecule has 0 saturated heterocycles. The van der Waals surface area contributed by atoms with E-state index < -0.39 is 18.5 Å². The first-order chi connectivity index (χ1) is 13.5. The van der Waals surface area contributed by atoms with Crippen molar-refractivity contribution in [2.45, 2.75) is 13.8 Å². The monoisotopic (exact) mass is 396 g/mol. The van der Waals surface area contributed by atoms with Gasteiger partial charge in [0.25, 0.3) is 11.5 Å². The number of thiophene rings is 1. The minimum Gasteiger partial charge on any atom is -0.452 e. The number of nitrogens with zero attached hydrogens (tertiary/aromatic N) is 2. The predicted molar refractivity (Wildman–Crippen MR) is 106 cm³/mol. The molecule has 0 bridgehead atoms. The molecular weight excluding hydrogens is 380 g/mol. The maximum absolute atomic E-state index is 12.6.